The molecule has 2 nitrogen and oxygen atoms in total. The first-order valence-electron chi connectivity index (χ1n) is 7.10. The summed E-state index contributed by atoms with van der Waals surface area (Å²) in [6.45, 7) is 2.53. The van der Waals surface area contributed by atoms with E-state index in [4.69, 9.17) is 17.0 Å². The Morgan fingerprint density at radius 3 is 2.52 bits per heavy atom. The molecule has 0 radical (unpaired) electrons. The molecule has 3 heteroatoms. The van der Waals surface area contributed by atoms with Crippen LogP contribution in [0.2, 0.25) is 0 Å². The summed E-state index contributed by atoms with van der Waals surface area (Å²) in [5.41, 5.74) is 4.50. The third-order valence-electron chi connectivity index (χ3n) is 3.52. The van der Waals surface area contributed by atoms with Crippen molar-refractivity contribution < 1.29 is 4.74 Å². The summed E-state index contributed by atoms with van der Waals surface area (Å²) in [6.07, 6.45) is 0.841. The predicted molar refractivity (Wildman–Crippen MR) is 90.9 cm³/mol. The molecule has 0 aliphatic rings. The summed E-state index contributed by atoms with van der Waals surface area (Å²) in [7, 11) is 0. The largest absolute Gasteiger partial charge is 0.482 e. The van der Waals surface area contributed by atoms with E-state index in [0.29, 0.717) is 11.7 Å². The highest BCUT2D eigenvalue weighted by Crippen LogP contribution is 2.26. The zero-order valence-corrected chi connectivity index (χ0v) is 12.7. The van der Waals surface area contributed by atoms with Gasteiger partial charge >= 0.3 is 0 Å². The van der Waals surface area contributed by atoms with Gasteiger partial charge in [0.1, 0.15) is 0 Å². The van der Waals surface area contributed by atoms with Gasteiger partial charge < -0.3 is 9.72 Å². The monoisotopic (exact) mass is 295 g/mol. The van der Waals surface area contributed by atoms with Gasteiger partial charge in [-0.15, -0.1) is 0 Å². The molecular formula is C18H17NOS. The fourth-order valence-corrected chi connectivity index (χ4v) is 2.85. The van der Waals surface area contributed by atoms with Gasteiger partial charge in [-0.25, -0.2) is 0 Å². The van der Waals surface area contributed by atoms with Crippen LogP contribution in [-0.2, 0) is 11.2 Å². The zero-order chi connectivity index (χ0) is 14.7. The third kappa shape index (κ3) is 2.83. The van der Waals surface area contributed by atoms with Gasteiger partial charge in [-0.3, -0.25) is 0 Å². The van der Waals surface area contributed by atoms with Gasteiger partial charge in [-0.1, -0.05) is 48.5 Å². The molecule has 21 heavy (non-hydrogen) atoms. The first-order chi connectivity index (χ1) is 10.3. The number of aromatic nitrogens is 1. The van der Waals surface area contributed by atoms with Crippen molar-refractivity contribution in [3.8, 4) is 0 Å². The summed E-state index contributed by atoms with van der Waals surface area (Å²) >= 11 is 5.41. The molecule has 2 aromatic carbocycles. The minimum Gasteiger partial charge on any atom is -0.482 e. The molecule has 0 aliphatic heterocycles. The number of ether oxygens (including phenoxy) is 1. The Hall–Kier alpha value is -2.13. The van der Waals surface area contributed by atoms with Crippen LogP contribution in [0.25, 0.3) is 10.9 Å². The number of para-hydroxylation sites is 1. The van der Waals surface area contributed by atoms with Crippen molar-refractivity contribution >= 4 is 28.2 Å². The molecule has 1 aromatic heterocycles. The Morgan fingerprint density at radius 2 is 1.76 bits per heavy atom. The SMILES string of the molecule is CCOC(=S)c1[nH]c2ccccc2c1Cc1ccccc1. The average Bonchev–Trinajstić information content (AvgIpc) is 2.88. The van der Waals surface area contributed by atoms with Crippen LogP contribution < -0.4 is 0 Å². The van der Waals surface area contributed by atoms with Gasteiger partial charge in [0, 0.05) is 17.3 Å². The van der Waals surface area contributed by atoms with Crippen LogP contribution >= 0.6 is 12.2 Å². The van der Waals surface area contributed by atoms with E-state index >= 15 is 0 Å². The molecule has 1 heterocycles. The lowest BCUT2D eigenvalue weighted by molar-refractivity contribution is 0.336. The first-order valence-corrected chi connectivity index (χ1v) is 7.51. The van der Waals surface area contributed by atoms with Crippen LogP contribution in [0.1, 0.15) is 23.7 Å². The minimum atomic E-state index is 0.541. The Bertz CT molecular complexity index is 761. The molecular weight excluding hydrogens is 278 g/mol. The maximum Gasteiger partial charge on any atom is 0.208 e. The van der Waals surface area contributed by atoms with Crippen LogP contribution in [-0.4, -0.2) is 16.6 Å². The highest BCUT2D eigenvalue weighted by molar-refractivity contribution is 7.80. The molecule has 0 atom stereocenters. The molecule has 3 rings (SSSR count). The fraction of sp³-hybridized carbons (Fsp3) is 0.167. The smallest absolute Gasteiger partial charge is 0.208 e. The standard InChI is InChI=1S/C18H17NOS/c1-2-20-18(21)17-15(12-13-8-4-3-5-9-13)14-10-6-7-11-16(14)19-17/h3-11,19H,2,12H2,1H3. The fourth-order valence-electron chi connectivity index (χ4n) is 2.56. The summed E-state index contributed by atoms with van der Waals surface area (Å²) < 4.78 is 5.54. The van der Waals surface area contributed by atoms with Crippen molar-refractivity contribution in [1.82, 2.24) is 4.98 Å². The maximum atomic E-state index is 5.54. The molecule has 0 aliphatic carbocycles. The number of hydrogen-bond acceptors (Lipinski definition) is 2. The van der Waals surface area contributed by atoms with Crippen molar-refractivity contribution in [2.45, 2.75) is 13.3 Å². The highest BCUT2D eigenvalue weighted by Gasteiger charge is 2.15. The van der Waals surface area contributed by atoms with Crippen LogP contribution in [0.3, 0.4) is 0 Å². The van der Waals surface area contributed by atoms with Gasteiger partial charge in [0.2, 0.25) is 5.05 Å². The lowest BCUT2D eigenvalue weighted by Crippen LogP contribution is -2.06. The zero-order valence-electron chi connectivity index (χ0n) is 11.9. The third-order valence-corrected chi connectivity index (χ3v) is 3.84. The van der Waals surface area contributed by atoms with Crippen LogP contribution in [0.4, 0.5) is 0 Å². The van der Waals surface area contributed by atoms with Crippen molar-refractivity contribution in [3.05, 3.63) is 71.4 Å². The number of nitrogens with one attached hydrogen (secondary N) is 1. The number of hydrogen-bond donors (Lipinski definition) is 1. The Balaban J connectivity index is 2.09. The minimum absolute atomic E-state index is 0.541. The van der Waals surface area contributed by atoms with E-state index in [1.54, 1.807) is 0 Å². The number of aromatic amines is 1. The average molecular weight is 295 g/mol. The van der Waals surface area contributed by atoms with E-state index in [1.165, 1.54) is 16.5 Å². The van der Waals surface area contributed by atoms with Crippen LogP contribution in [0, 0.1) is 0 Å². The van der Waals surface area contributed by atoms with Gasteiger partial charge in [0.15, 0.2) is 0 Å². The molecule has 0 unspecified atom stereocenters. The van der Waals surface area contributed by atoms with E-state index in [0.717, 1.165) is 17.6 Å². The van der Waals surface area contributed by atoms with E-state index in [-0.39, 0.29) is 0 Å². The van der Waals surface area contributed by atoms with Crippen molar-refractivity contribution in [1.29, 1.82) is 0 Å². The highest BCUT2D eigenvalue weighted by atomic mass is 32.1. The Labute approximate surface area is 129 Å². The number of rotatable bonds is 4. The predicted octanol–water partition coefficient (Wildman–Crippen LogP) is 4.47. The molecule has 0 spiro atoms. The van der Waals surface area contributed by atoms with Crippen molar-refractivity contribution in [3.63, 3.8) is 0 Å². The molecule has 0 bridgehead atoms. The van der Waals surface area contributed by atoms with Crippen LogP contribution in [0.15, 0.2) is 54.6 Å². The number of benzene rings is 2. The summed E-state index contributed by atoms with van der Waals surface area (Å²) in [5.74, 6) is 0. The summed E-state index contributed by atoms with van der Waals surface area (Å²) in [4.78, 5) is 3.40. The molecule has 1 N–H and O–H groups in total. The lowest BCUT2D eigenvalue weighted by Gasteiger charge is -2.07. The second-order valence-corrected chi connectivity index (χ2v) is 5.28. The van der Waals surface area contributed by atoms with E-state index in [2.05, 4.69) is 47.4 Å². The van der Waals surface area contributed by atoms with Gasteiger partial charge in [-0.2, -0.15) is 0 Å². The Morgan fingerprint density at radius 1 is 1.05 bits per heavy atom. The maximum absolute atomic E-state index is 5.54. The lowest BCUT2D eigenvalue weighted by atomic mass is 10.0. The van der Waals surface area contributed by atoms with Gasteiger partial charge in [0.05, 0.1) is 12.3 Å². The summed E-state index contributed by atoms with van der Waals surface area (Å²) in [5, 5.41) is 1.75. The number of H-pyrrole nitrogens is 1. The number of thiocarbonyl (C=S) groups is 1. The quantitative estimate of drug-likeness (QED) is 0.718. The normalized spacial score (nSPS) is 10.7. The van der Waals surface area contributed by atoms with Crippen LogP contribution in [0.5, 0.6) is 0 Å². The molecule has 0 saturated heterocycles. The molecule has 3 aromatic rings. The molecule has 0 amide bonds. The van der Waals surface area contributed by atoms with Crippen molar-refractivity contribution in [2.75, 3.05) is 6.61 Å². The van der Waals surface area contributed by atoms with Crippen molar-refractivity contribution in [2.24, 2.45) is 0 Å². The van der Waals surface area contributed by atoms with E-state index < -0.39 is 0 Å². The summed E-state index contributed by atoms with van der Waals surface area (Å²) in [6, 6.07) is 18.7. The Kier molecular flexibility index (Phi) is 4.02. The second-order valence-electron chi connectivity index (χ2n) is 4.91. The topological polar surface area (TPSA) is 25.0 Å². The van der Waals surface area contributed by atoms with E-state index in [1.807, 2.05) is 19.1 Å². The first kappa shape index (κ1) is 13.8. The van der Waals surface area contributed by atoms with E-state index in [9.17, 15) is 0 Å². The molecule has 0 saturated carbocycles. The number of fused-ring (bicyclic) bond motifs is 1. The molecule has 106 valence electrons. The van der Waals surface area contributed by atoms with Gasteiger partial charge in [-0.05, 0) is 36.3 Å². The van der Waals surface area contributed by atoms with Gasteiger partial charge in [0.25, 0.3) is 0 Å². The second kappa shape index (κ2) is 6.10. The molecule has 0 fully saturated rings.